The first-order chi connectivity index (χ1) is 34.7. The summed E-state index contributed by atoms with van der Waals surface area (Å²) in [7, 11) is 3.56. The molecule has 0 atom stereocenters. The van der Waals surface area contributed by atoms with Crippen molar-refractivity contribution >= 4 is 42.2 Å². The summed E-state index contributed by atoms with van der Waals surface area (Å²) in [4.78, 5) is 35.5. The molecule has 0 radical (unpaired) electrons. The number of aryl methyl sites for hydroxylation is 3. The van der Waals surface area contributed by atoms with Crippen LogP contribution in [0.5, 0.6) is 0 Å². The maximum absolute atomic E-state index is 16.0. The lowest BCUT2D eigenvalue weighted by molar-refractivity contribution is -0.360. The van der Waals surface area contributed by atoms with Gasteiger partial charge in [0.25, 0.3) is 5.91 Å². The lowest BCUT2D eigenvalue weighted by atomic mass is 9.90. The Morgan fingerprint density at radius 3 is 2.46 bits per heavy atom. The third-order valence-electron chi connectivity index (χ3n) is 12.5. The van der Waals surface area contributed by atoms with Gasteiger partial charge in [0.2, 0.25) is 5.91 Å². The number of hydrogen-bond donors (Lipinski definition) is 4. The van der Waals surface area contributed by atoms with Gasteiger partial charge in [-0.05, 0) is 78.7 Å². The van der Waals surface area contributed by atoms with E-state index in [2.05, 4.69) is 41.2 Å². The number of alkyl halides is 3. The number of ether oxygens (including phenoxy) is 3. The minimum Gasteiger partial charge on any atom is -0.394 e. The van der Waals surface area contributed by atoms with E-state index in [1.165, 1.54) is 11.0 Å². The van der Waals surface area contributed by atoms with Crippen LogP contribution in [0, 0.1) is 0 Å². The van der Waals surface area contributed by atoms with Gasteiger partial charge >= 0.3 is 13.1 Å². The van der Waals surface area contributed by atoms with Gasteiger partial charge in [0.15, 0.2) is 17.2 Å². The standard InChI is InChI=1S/C48H53BF5N13O5/c1-4-56-42-24-32(45-37(28-60-64(45)3)46-62-59-30-63(46)2)25-43(61-42)65-29-38-36(47(65)69)22-31(23-39(38)48(50,51)52)27-55-14-16-70-18-20-72-21-19-71-17-15-58-44(68)12-10-33-7-8-34-26-35-9-11-41(40-6-5-13-57-40)67(35)49(53,54)66(33)34/h5-9,11,13,22-26,28,30,55,57H,4,10,12,14-21,27,29H2,1-3H3,(H,56,61)(H,58,68). The van der Waals surface area contributed by atoms with Crippen LogP contribution in [0.25, 0.3) is 28.7 Å². The lowest BCUT2D eigenvalue weighted by Gasteiger charge is -2.30. The number of amides is 2. The molecule has 0 unspecified atom stereocenters. The Balaban J connectivity index is 0.680. The average molecular weight is 998 g/mol. The van der Waals surface area contributed by atoms with Crippen LogP contribution in [0.15, 0.2) is 85.1 Å². The Morgan fingerprint density at radius 2 is 1.74 bits per heavy atom. The SMILES string of the molecule is CCNc1cc(-c2c(-c3nncn3C)cnn2C)cc(N2Cc3c(cc(CNCCOCCOCCOCCNC(=O)CCc4ccc5n4[B-](F)(F)[N+]4=C(c6ccc[nH]6)C=CC4=C5)cc3C(F)(F)F)C2=O)n1. The third-order valence-corrected chi connectivity index (χ3v) is 12.5. The molecule has 0 spiro atoms. The van der Waals surface area contributed by atoms with Crippen LogP contribution in [0.2, 0.25) is 0 Å². The number of aromatic nitrogens is 8. The fourth-order valence-corrected chi connectivity index (χ4v) is 9.17. The van der Waals surface area contributed by atoms with Crippen LogP contribution in [0.4, 0.5) is 33.4 Å². The average Bonchev–Trinajstić information content (AvgIpc) is 4.22. The highest BCUT2D eigenvalue weighted by molar-refractivity contribution is 6.58. The molecule has 9 rings (SSSR count). The Kier molecular flexibility index (Phi) is 14.6. The number of fused-ring (bicyclic) bond motifs is 3. The Morgan fingerprint density at radius 1 is 0.958 bits per heavy atom. The van der Waals surface area contributed by atoms with E-state index in [4.69, 9.17) is 14.2 Å². The summed E-state index contributed by atoms with van der Waals surface area (Å²) in [5.74, 6) is 0.281. The zero-order chi connectivity index (χ0) is 50.6. The minimum atomic E-state index is -4.72. The van der Waals surface area contributed by atoms with Crippen LogP contribution in [0.3, 0.4) is 0 Å². The first-order valence-electron chi connectivity index (χ1n) is 23.5. The second-order valence-corrected chi connectivity index (χ2v) is 17.3. The van der Waals surface area contributed by atoms with Gasteiger partial charge in [0, 0.05) is 87.9 Å². The summed E-state index contributed by atoms with van der Waals surface area (Å²) in [6.07, 6.45) is 5.40. The maximum atomic E-state index is 16.0. The number of carbonyl (C=O) groups excluding carboxylic acids is 2. The van der Waals surface area contributed by atoms with E-state index >= 15 is 8.63 Å². The number of aromatic amines is 1. The van der Waals surface area contributed by atoms with Crippen LogP contribution < -0.4 is 20.9 Å². The second-order valence-electron chi connectivity index (χ2n) is 17.3. The molecule has 4 N–H and O–H groups in total. The molecule has 2 amide bonds. The van der Waals surface area contributed by atoms with E-state index in [-0.39, 0.29) is 95.0 Å². The molecule has 6 aromatic rings. The fourth-order valence-electron chi connectivity index (χ4n) is 9.17. The third kappa shape index (κ3) is 10.4. The van der Waals surface area contributed by atoms with E-state index < -0.39 is 24.6 Å². The predicted molar refractivity (Wildman–Crippen MR) is 258 cm³/mol. The van der Waals surface area contributed by atoms with Crippen molar-refractivity contribution in [2.45, 2.75) is 39.0 Å². The summed E-state index contributed by atoms with van der Waals surface area (Å²) in [6, 6.07) is 12.8. The molecule has 0 saturated carbocycles. The number of rotatable bonds is 23. The number of carbonyl (C=O) groups is 2. The summed E-state index contributed by atoms with van der Waals surface area (Å²) in [6.45, 7) is 0.0772. The minimum absolute atomic E-state index is 0.0266. The zero-order valence-corrected chi connectivity index (χ0v) is 39.8. The number of benzene rings is 1. The van der Waals surface area contributed by atoms with Crippen molar-refractivity contribution in [1.82, 2.24) is 49.6 Å². The van der Waals surface area contributed by atoms with Crippen LogP contribution >= 0.6 is 0 Å². The van der Waals surface area contributed by atoms with Crippen LogP contribution in [0.1, 0.15) is 57.5 Å². The molecule has 5 aromatic heterocycles. The molecule has 0 fully saturated rings. The van der Waals surface area contributed by atoms with Gasteiger partial charge in [-0.1, -0.05) is 0 Å². The van der Waals surface area contributed by atoms with Crippen molar-refractivity contribution in [3.05, 3.63) is 124 Å². The van der Waals surface area contributed by atoms with Gasteiger partial charge in [-0.25, -0.2) is 4.98 Å². The highest BCUT2D eigenvalue weighted by Gasteiger charge is 2.52. The van der Waals surface area contributed by atoms with Crippen molar-refractivity contribution in [2.75, 3.05) is 69.5 Å². The fraction of sp³-hybridized carbons (Fsp3) is 0.354. The van der Waals surface area contributed by atoms with Crippen molar-refractivity contribution in [1.29, 1.82) is 0 Å². The largest absolute Gasteiger partial charge is 0.737 e. The molecule has 18 nitrogen and oxygen atoms in total. The van der Waals surface area contributed by atoms with Crippen molar-refractivity contribution in [3.63, 3.8) is 0 Å². The van der Waals surface area contributed by atoms with Gasteiger partial charge < -0.3 is 57.3 Å². The van der Waals surface area contributed by atoms with E-state index in [1.54, 1.807) is 96.7 Å². The smallest absolute Gasteiger partial charge is 0.394 e. The molecular formula is C48H53BF5N13O5. The molecule has 378 valence electrons. The molecule has 3 aliphatic rings. The molecule has 72 heavy (non-hydrogen) atoms. The number of halogens is 5. The molecule has 24 heteroatoms. The second kappa shape index (κ2) is 21.2. The summed E-state index contributed by atoms with van der Waals surface area (Å²) >= 11 is 0. The number of anilines is 2. The van der Waals surface area contributed by atoms with Crippen molar-refractivity contribution in [2.24, 2.45) is 14.1 Å². The molecule has 1 aromatic carbocycles. The maximum Gasteiger partial charge on any atom is 0.737 e. The van der Waals surface area contributed by atoms with E-state index in [1.807, 2.05) is 6.92 Å². The molecule has 3 aliphatic heterocycles. The normalized spacial score (nSPS) is 14.8. The molecule has 0 saturated heterocycles. The Bertz CT molecular complexity index is 3050. The highest BCUT2D eigenvalue weighted by atomic mass is 19.4. The van der Waals surface area contributed by atoms with E-state index in [0.717, 1.165) is 15.0 Å². The summed E-state index contributed by atoms with van der Waals surface area (Å²) in [5, 5.41) is 21.7. The lowest BCUT2D eigenvalue weighted by Crippen LogP contribution is -2.51. The topological polar surface area (TPSA) is 186 Å². The summed E-state index contributed by atoms with van der Waals surface area (Å²) < 4.78 is 98.0. The first kappa shape index (κ1) is 49.7. The van der Waals surface area contributed by atoms with Crippen molar-refractivity contribution < 1.29 is 50.1 Å². The highest BCUT2D eigenvalue weighted by Crippen LogP contribution is 2.41. The molecule has 0 bridgehead atoms. The number of pyridine rings is 1. The van der Waals surface area contributed by atoms with Crippen molar-refractivity contribution in [3.8, 4) is 22.6 Å². The number of hydrogen-bond acceptors (Lipinski definition) is 11. The Labute approximate surface area is 410 Å². The zero-order valence-electron chi connectivity index (χ0n) is 39.8. The number of nitrogens with one attached hydrogen (secondary N) is 4. The molecule has 0 aliphatic carbocycles. The monoisotopic (exact) mass is 997 g/mol. The van der Waals surface area contributed by atoms with Gasteiger partial charge in [-0.2, -0.15) is 18.3 Å². The predicted octanol–water partition coefficient (Wildman–Crippen LogP) is 5.56. The Hall–Kier alpha value is -7.28. The first-order valence-corrected chi connectivity index (χ1v) is 23.5. The molecule has 8 heterocycles. The van der Waals surface area contributed by atoms with Crippen LogP contribution in [-0.4, -0.2) is 127 Å². The quantitative estimate of drug-likeness (QED) is 0.0358. The van der Waals surface area contributed by atoms with Gasteiger partial charge in [-0.3, -0.25) is 19.2 Å². The van der Waals surface area contributed by atoms with Gasteiger partial charge in [0.05, 0.1) is 69.2 Å². The molecular weight excluding hydrogens is 944 g/mol. The number of H-pyrrole nitrogens is 1. The number of allylic oxidation sites excluding steroid dienone is 2. The van der Waals surface area contributed by atoms with Crippen LogP contribution in [-0.2, 0) is 58.8 Å². The summed E-state index contributed by atoms with van der Waals surface area (Å²) in [5.41, 5.74) is 3.32. The van der Waals surface area contributed by atoms with Gasteiger partial charge in [0.1, 0.15) is 23.7 Å². The van der Waals surface area contributed by atoms with E-state index in [9.17, 15) is 22.8 Å². The van der Waals surface area contributed by atoms with Gasteiger partial charge in [-0.15, -0.1) is 10.2 Å². The van der Waals surface area contributed by atoms with E-state index in [0.29, 0.717) is 75.6 Å². The number of nitrogens with zero attached hydrogens (tertiary/aromatic N) is 9.